The van der Waals surface area contributed by atoms with E-state index in [1.807, 2.05) is 41.5 Å². The summed E-state index contributed by atoms with van der Waals surface area (Å²) in [5.74, 6) is 0. The van der Waals surface area contributed by atoms with Gasteiger partial charge in [-0.3, -0.25) is 0 Å². The summed E-state index contributed by atoms with van der Waals surface area (Å²) in [7, 11) is 0. The molecule has 0 unspecified atom stereocenters. The Hall–Kier alpha value is 0.438. The monoisotopic (exact) mass is 445 g/mol. The molecule has 0 saturated carbocycles. The summed E-state index contributed by atoms with van der Waals surface area (Å²) in [6.07, 6.45) is 1.19. The molecule has 0 aliphatic heterocycles. The fourth-order valence-corrected chi connectivity index (χ4v) is 1.32. The third-order valence-corrected chi connectivity index (χ3v) is 3.15. The molecule has 4 N–H and O–H groups in total. The normalized spacial score (nSPS) is 8.95. The van der Waals surface area contributed by atoms with Crippen molar-refractivity contribution in [3.05, 3.63) is 0 Å². The van der Waals surface area contributed by atoms with Crippen LogP contribution in [0.2, 0.25) is 0 Å². The van der Waals surface area contributed by atoms with Crippen molar-refractivity contribution in [2.75, 3.05) is 19.6 Å². The molecule has 0 rings (SSSR count). The molecule has 0 atom stereocenters. The van der Waals surface area contributed by atoms with Crippen LogP contribution in [0.5, 0.6) is 0 Å². The average Bonchev–Trinajstić information content (AvgIpc) is 2.49. The van der Waals surface area contributed by atoms with Crippen molar-refractivity contribution in [1.29, 1.82) is 0 Å². The minimum atomic E-state index is 0.380. The molecule has 120 valence electrons. The Balaban J connectivity index is -0.000000163. The fraction of sp³-hybridized carbons (Fsp3) is 0.933. The first-order chi connectivity index (χ1) is 9.02. The Labute approximate surface area is 133 Å². The van der Waals surface area contributed by atoms with Crippen molar-refractivity contribution in [2.45, 2.75) is 68.7 Å². The van der Waals surface area contributed by atoms with Gasteiger partial charge in [-0.1, -0.05) is 41.5 Å². The first-order valence-electron chi connectivity index (χ1n) is 7.73. The molecule has 3 nitrogen and oxygen atoms in total. The molecule has 19 heavy (non-hydrogen) atoms. The van der Waals surface area contributed by atoms with Crippen LogP contribution in [-0.4, -0.2) is 23.8 Å². The molecule has 0 saturated heterocycles. The van der Waals surface area contributed by atoms with Gasteiger partial charge in [0.25, 0.3) is 0 Å². The van der Waals surface area contributed by atoms with Gasteiger partial charge in [-0.05, 0) is 0 Å². The van der Waals surface area contributed by atoms with Crippen LogP contribution in [0.3, 0.4) is 0 Å². The molecule has 0 spiro atoms. The van der Waals surface area contributed by atoms with E-state index in [0.717, 1.165) is 13.1 Å². The number of hydrogen-bond donors (Lipinski definition) is 3. The van der Waals surface area contributed by atoms with Crippen LogP contribution in [0.25, 0.3) is 0 Å². The van der Waals surface area contributed by atoms with E-state index in [1.165, 1.54) is 29.9 Å². The Kier molecular flexibility index (Phi) is 34.3. The van der Waals surface area contributed by atoms with Crippen LogP contribution < -0.4 is 16.4 Å². The van der Waals surface area contributed by atoms with Crippen LogP contribution in [0.1, 0.15) is 68.7 Å². The molecule has 4 heteroatoms. The Bertz CT molecular complexity index is 159. The summed E-state index contributed by atoms with van der Waals surface area (Å²) in [5.41, 5.74) is 5.77. The van der Waals surface area contributed by atoms with Crippen LogP contribution >= 0.6 is 0 Å². The van der Waals surface area contributed by atoms with Crippen molar-refractivity contribution in [2.24, 2.45) is 11.1 Å². The molecule has 0 bridgehead atoms. The summed E-state index contributed by atoms with van der Waals surface area (Å²) in [5, 5.41) is 6.64. The van der Waals surface area contributed by atoms with E-state index in [9.17, 15) is 0 Å². The SMILES string of the molecule is CC.CC.CC.CCC(C)(C)CN[C](=[W])NCCN. The second-order valence-electron chi connectivity index (χ2n) is 3.92. The van der Waals surface area contributed by atoms with Crippen LogP contribution in [-0.2, 0) is 19.4 Å². The summed E-state index contributed by atoms with van der Waals surface area (Å²) in [4.78, 5) is 0. The number of rotatable bonds is 7. The predicted molar refractivity (Wildman–Crippen MR) is 88.2 cm³/mol. The minimum absolute atomic E-state index is 0.380. The van der Waals surface area contributed by atoms with Crippen LogP contribution in [0.4, 0.5) is 0 Å². The van der Waals surface area contributed by atoms with Crippen molar-refractivity contribution in [1.82, 2.24) is 10.6 Å². The molecule has 0 aromatic rings. The molecule has 0 aliphatic carbocycles. The zero-order valence-electron chi connectivity index (χ0n) is 14.8. The van der Waals surface area contributed by atoms with Gasteiger partial charge in [0.05, 0.1) is 0 Å². The summed E-state index contributed by atoms with van der Waals surface area (Å²) in [6, 6.07) is 0. The quantitative estimate of drug-likeness (QED) is 0.564. The van der Waals surface area contributed by atoms with Gasteiger partial charge in [0.2, 0.25) is 0 Å². The molecule has 0 radical (unpaired) electrons. The van der Waals surface area contributed by atoms with E-state index in [0.29, 0.717) is 12.0 Å². The van der Waals surface area contributed by atoms with E-state index in [-0.39, 0.29) is 0 Å². The molecule has 0 fully saturated rings. The Morgan fingerprint density at radius 3 is 1.74 bits per heavy atom. The maximum absolute atomic E-state index is 5.39. The molecule has 0 amide bonds. The van der Waals surface area contributed by atoms with E-state index in [4.69, 9.17) is 5.73 Å². The number of hydrogen-bond acceptors (Lipinski definition) is 3. The Morgan fingerprint density at radius 1 is 1.00 bits per heavy atom. The van der Waals surface area contributed by atoms with E-state index >= 15 is 0 Å². The van der Waals surface area contributed by atoms with Gasteiger partial charge in [-0.2, -0.15) is 0 Å². The standard InChI is InChI=1S/C9H21N3.3C2H6.W/c1-4-9(2,3)7-12-8-11-6-5-10;3*1-2;/h11-12H,4-7,10H2,1-3H3;3*1-2H3;. The van der Waals surface area contributed by atoms with Crippen molar-refractivity contribution >= 4 is 4.15 Å². The van der Waals surface area contributed by atoms with Gasteiger partial charge in [0.1, 0.15) is 0 Å². The molecular formula is C15H39N3W. The maximum atomic E-state index is 5.39. The summed E-state index contributed by atoms with van der Waals surface area (Å²) >= 11 is 1.44. The van der Waals surface area contributed by atoms with Gasteiger partial charge in [-0.15, -0.1) is 0 Å². The number of nitrogens with one attached hydrogen (secondary N) is 2. The topological polar surface area (TPSA) is 50.1 Å². The Morgan fingerprint density at radius 2 is 1.42 bits per heavy atom. The molecule has 0 heterocycles. The van der Waals surface area contributed by atoms with Crippen molar-refractivity contribution < 1.29 is 19.4 Å². The number of nitrogens with two attached hydrogens (primary N) is 1. The zero-order valence-corrected chi connectivity index (χ0v) is 17.7. The van der Waals surface area contributed by atoms with Crippen LogP contribution in [0.15, 0.2) is 0 Å². The van der Waals surface area contributed by atoms with Gasteiger partial charge in [0, 0.05) is 0 Å². The fourth-order valence-electron chi connectivity index (χ4n) is 0.693. The first-order valence-corrected chi connectivity index (χ1v) is 9.20. The van der Waals surface area contributed by atoms with Crippen molar-refractivity contribution in [3.8, 4) is 0 Å². The van der Waals surface area contributed by atoms with Gasteiger partial charge >= 0.3 is 92.1 Å². The molecular weight excluding hydrogens is 406 g/mol. The molecule has 0 aliphatic rings. The van der Waals surface area contributed by atoms with Crippen molar-refractivity contribution in [3.63, 3.8) is 0 Å². The predicted octanol–water partition coefficient (Wildman–Crippen LogP) is 3.27. The van der Waals surface area contributed by atoms with E-state index in [2.05, 4.69) is 31.4 Å². The molecule has 0 aromatic carbocycles. The van der Waals surface area contributed by atoms with E-state index < -0.39 is 0 Å². The zero-order chi connectivity index (χ0) is 16.3. The second kappa shape index (κ2) is 23.5. The van der Waals surface area contributed by atoms with E-state index in [1.54, 1.807) is 0 Å². The van der Waals surface area contributed by atoms with Crippen LogP contribution in [0, 0.1) is 5.41 Å². The average molecular weight is 445 g/mol. The molecule has 0 aromatic heterocycles. The summed E-state index contributed by atoms with van der Waals surface area (Å²) in [6.45, 7) is 21.3. The third kappa shape index (κ3) is 27.6. The van der Waals surface area contributed by atoms with Gasteiger partial charge in [0.15, 0.2) is 0 Å². The van der Waals surface area contributed by atoms with Gasteiger partial charge in [-0.25, -0.2) is 0 Å². The first kappa shape index (κ1) is 27.7. The van der Waals surface area contributed by atoms with Gasteiger partial charge < -0.3 is 0 Å². The third-order valence-electron chi connectivity index (χ3n) is 2.11. The summed E-state index contributed by atoms with van der Waals surface area (Å²) < 4.78 is 1.20. The second-order valence-corrected chi connectivity index (χ2v) is 5.38.